The number of benzene rings is 1. The highest BCUT2D eigenvalue weighted by atomic mass is 16.5. The molecule has 1 N–H and O–H groups in total. The summed E-state index contributed by atoms with van der Waals surface area (Å²) in [6.07, 6.45) is 2.32. The summed E-state index contributed by atoms with van der Waals surface area (Å²) in [4.78, 5) is 23.6. The molecule has 126 valence electrons. The van der Waals surface area contributed by atoms with Crippen LogP contribution < -0.4 is 5.32 Å². The van der Waals surface area contributed by atoms with E-state index in [1.165, 1.54) is 5.56 Å². The zero-order valence-corrected chi connectivity index (χ0v) is 13.9. The van der Waals surface area contributed by atoms with Gasteiger partial charge in [0.15, 0.2) is 0 Å². The van der Waals surface area contributed by atoms with E-state index < -0.39 is 5.54 Å². The number of hydrogen-bond acceptors (Lipinski definition) is 5. The van der Waals surface area contributed by atoms with Crippen LogP contribution in [0.5, 0.6) is 0 Å². The molecule has 0 fully saturated rings. The number of nitrogens with one attached hydrogen (secondary N) is 1. The van der Waals surface area contributed by atoms with Crippen LogP contribution in [0, 0.1) is 0 Å². The number of esters is 2. The summed E-state index contributed by atoms with van der Waals surface area (Å²) in [5.41, 5.74) is 1.94. The minimum Gasteiger partial charge on any atom is -0.466 e. The standard InChI is InChI=1S/C18H25NO4/c1-3-22-16(20)10-12-19-18(13-17(21)23-4-2)11-9-14-7-5-6-8-15(14)18/h5-8,19H,3-4,9-13H2,1-2H3. The third kappa shape index (κ3) is 4.32. The van der Waals surface area contributed by atoms with Crippen LogP contribution in [0.15, 0.2) is 24.3 Å². The van der Waals surface area contributed by atoms with E-state index in [0.29, 0.717) is 26.2 Å². The smallest absolute Gasteiger partial charge is 0.308 e. The van der Waals surface area contributed by atoms with Gasteiger partial charge in [-0.05, 0) is 37.8 Å². The van der Waals surface area contributed by atoms with Crippen molar-refractivity contribution in [1.29, 1.82) is 0 Å². The molecular weight excluding hydrogens is 294 g/mol. The van der Waals surface area contributed by atoms with E-state index in [0.717, 1.165) is 18.4 Å². The van der Waals surface area contributed by atoms with E-state index in [-0.39, 0.29) is 18.4 Å². The highest BCUT2D eigenvalue weighted by molar-refractivity contribution is 5.72. The fourth-order valence-corrected chi connectivity index (χ4v) is 3.21. The number of ether oxygens (including phenoxy) is 2. The summed E-state index contributed by atoms with van der Waals surface area (Å²) in [5, 5.41) is 3.43. The molecule has 0 radical (unpaired) electrons. The minimum atomic E-state index is -0.449. The van der Waals surface area contributed by atoms with Gasteiger partial charge in [0.05, 0.1) is 31.6 Å². The van der Waals surface area contributed by atoms with Gasteiger partial charge in [-0.15, -0.1) is 0 Å². The lowest BCUT2D eigenvalue weighted by atomic mass is 9.88. The van der Waals surface area contributed by atoms with Crippen molar-refractivity contribution in [2.45, 2.75) is 45.1 Å². The van der Waals surface area contributed by atoms with E-state index >= 15 is 0 Å². The molecule has 1 aromatic carbocycles. The molecule has 1 atom stereocenters. The molecule has 23 heavy (non-hydrogen) atoms. The van der Waals surface area contributed by atoms with Crippen molar-refractivity contribution < 1.29 is 19.1 Å². The van der Waals surface area contributed by atoms with E-state index in [1.54, 1.807) is 13.8 Å². The normalized spacial score (nSPS) is 19.2. The third-order valence-corrected chi connectivity index (χ3v) is 4.20. The zero-order valence-electron chi connectivity index (χ0n) is 13.9. The first-order chi connectivity index (χ1) is 11.1. The molecule has 1 aromatic rings. The summed E-state index contributed by atoms with van der Waals surface area (Å²) in [7, 11) is 0. The second kappa shape index (κ2) is 8.11. The van der Waals surface area contributed by atoms with Gasteiger partial charge in [-0.25, -0.2) is 0 Å². The lowest BCUT2D eigenvalue weighted by molar-refractivity contribution is -0.145. The molecule has 0 amide bonds. The van der Waals surface area contributed by atoms with Crippen molar-refractivity contribution in [3.8, 4) is 0 Å². The average Bonchev–Trinajstić information content (AvgIpc) is 2.87. The van der Waals surface area contributed by atoms with Crippen molar-refractivity contribution in [3.63, 3.8) is 0 Å². The van der Waals surface area contributed by atoms with Gasteiger partial charge in [0.2, 0.25) is 0 Å². The first kappa shape index (κ1) is 17.5. The molecule has 0 bridgehead atoms. The Morgan fingerprint density at radius 3 is 2.57 bits per heavy atom. The Morgan fingerprint density at radius 2 is 1.83 bits per heavy atom. The fourth-order valence-electron chi connectivity index (χ4n) is 3.21. The molecule has 1 unspecified atom stereocenters. The number of carbonyl (C=O) groups is 2. The van der Waals surface area contributed by atoms with E-state index in [2.05, 4.69) is 17.4 Å². The van der Waals surface area contributed by atoms with Crippen LogP contribution in [-0.4, -0.2) is 31.7 Å². The van der Waals surface area contributed by atoms with E-state index in [1.807, 2.05) is 12.1 Å². The summed E-state index contributed by atoms with van der Waals surface area (Å²) in [5.74, 6) is -0.439. The second-order valence-electron chi connectivity index (χ2n) is 5.70. The molecule has 2 rings (SSSR count). The maximum absolute atomic E-state index is 12.1. The lowest BCUT2D eigenvalue weighted by Gasteiger charge is -2.31. The van der Waals surface area contributed by atoms with E-state index in [4.69, 9.17) is 9.47 Å². The van der Waals surface area contributed by atoms with Gasteiger partial charge in [0.1, 0.15) is 0 Å². The highest BCUT2D eigenvalue weighted by Crippen LogP contribution is 2.39. The van der Waals surface area contributed by atoms with Crippen LogP contribution in [0.1, 0.15) is 44.2 Å². The first-order valence-corrected chi connectivity index (χ1v) is 8.26. The van der Waals surface area contributed by atoms with Crippen molar-refractivity contribution in [3.05, 3.63) is 35.4 Å². The molecule has 0 heterocycles. The molecule has 0 saturated carbocycles. The Hall–Kier alpha value is -1.88. The largest absolute Gasteiger partial charge is 0.466 e. The maximum atomic E-state index is 12.1. The van der Waals surface area contributed by atoms with Crippen LogP contribution in [0.25, 0.3) is 0 Å². The fraction of sp³-hybridized carbons (Fsp3) is 0.556. The zero-order chi connectivity index (χ0) is 16.7. The Bertz CT molecular complexity index is 558. The Morgan fingerprint density at radius 1 is 1.13 bits per heavy atom. The molecule has 0 aliphatic heterocycles. The van der Waals surface area contributed by atoms with Crippen LogP contribution in [0.2, 0.25) is 0 Å². The highest BCUT2D eigenvalue weighted by Gasteiger charge is 2.40. The van der Waals surface area contributed by atoms with Crippen molar-refractivity contribution in [1.82, 2.24) is 5.32 Å². The molecule has 1 aliphatic rings. The molecule has 5 heteroatoms. The minimum absolute atomic E-state index is 0.215. The van der Waals surface area contributed by atoms with Gasteiger partial charge in [-0.3, -0.25) is 9.59 Å². The van der Waals surface area contributed by atoms with Gasteiger partial charge in [0.25, 0.3) is 0 Å². The lowest BCUT2D eigenvalue weighted by Crippen LogP contribution is -2.43. The van der Waals surface area contributed by atoms with Gasteiger partial charge in [-0.2, -0.15) is 0 Å². The quantitative estimate of drug-likeness (QED) is 0.745. The van der Waals surface area contributed by atoms with Crippen LogP contribution in [0.3, 0.4) is 0 Å². The van der Waals surface area contributed by atoms with Gasteiger partial charge in [0, 0.05) is 6.54 Å². The maximum Gasteiger partial charge on any atom is 0.308 e. The Kier molecular flexibility index (Phi) is 6.16. The third-order valence-electron chi connectivity index (χ3n) is 4.20. The molecule has 0 aromatic heterocycles. The predicted molar refractivity (Wildman–Crippen MR) is 86.9 cm³/mol. The molecule has 0 saturated heterocycles. The molecular formula is C18H25NO4. The topological polar surface area (TPSA) is 64.6 Å². The van der Waals surface area contributed by atoms with Crippen LogP contribution in [-0.2, 0) is 31.0 Å². The van der Waals surface area contributed by atoms with Crippen molar-refractivity contribution in [2.24, 2.45) is 0 Å². The summed E-state index contributed by atoms with van der Waals surface area (Å²) in [6, 6.07) is 8.14. The first-order valence-electron chi connectivity index (χ1n) is 8.26. The summed E-state index contributed by atoms with van der Waals surface area (Å²) in [6.45, 7) is 4.84. The number of rotatable bonds is 8. The monoisotopic (exact) mass is 319 g/mol. The Balaban J connectivity index is 2.10. The van der Waals surface area contributed by atoms with Gasteiger partial charge >= 0.3 is 11.9 Å². The van der Waals surface area contributed by atoms with Gasteiger partial charge < -0.3 is 14.8 Å². The average molecular weight is 319 g/mol. The van der Waals surface area contributed by atoms with Crippen molar-refractivity contribution in [2.75, 3.05) is 19.8 Å². The van der Waals surface area contributed by atoms with Gasteiger partial charge in [-0.1, -0.05) is 24.3 Å². The summed E-state index contributed by atoms with van der Waals surface area (Å²) < 4.78 is 10.1. The SMILES string of the molecule is CCOC(=O)CCNC1(CC(=O)OCC)CCc2ccccc21. The number of aryl methyl sites for hydroxylation is 1. The van der Waals surface area contributed by atoms with Crippen LogP contribution >= 0.6 is 0 Å². The number of fused-ring (bicyclic) bond motifs is 1. The molecule has 0 spiro atoms. The second-order valence-corrected chi connectivity index (χ2v) is 5.70. The van der Waals surface area contributed by atoms with Crippen molar-refractivity contribution >= 4 is 11.9 Å². The number of hydrogen-bond donors (Lipinski definition) is 1. The number of carbonyl (C=O) groups excluding carboxylic acids is 2. The van der Waals surface area contributed by atoms with E-state index in [9.17, 15) is 9.59 Å². The molecule has 1 aliphatic carbocycles. The Labute approximate surface area is 137 Å². The predicted octanol–water partition coefficient (Wildman–Crippen LogP) is 2.32. The molecule has 5 nitrogen and oxygen atoms in total. The summed E-state index contributed by atoms with van der Waals surface area (Å²) >= 11 is 0. The van der Waals surface area contributed by atoms with Crippen LogP contribution in [0.4, 0.5) is 0 Å².